The molecule has 25 heavy (non-hydrogen) atoms. The first kappa shape index (κ1) is 18.2. The van der Waals surface area contributed by atoms with E-state index >= 15 is 0 Å². The highest BCUT2D eigenvalue weighted by molar-refractivity contribution is 5.95. The summed E-state index contributed by atoms with van der Waals surface area (Å²) in [5, 5.41) is 3.04. The monoisotopic (exact) mass is 363 g/mol. The zero-order valence-corrected chi connectivity index (χ0v) is 15.7. The third kappa shape index (κ3) is 3.15. The van der Waals surface area contributed by atoms with Crippen LogP contribution in [0.2, 0.25) is 0 Å². The second kappa shape index (κ2) is 6.29. The number of fused-ring (bicyclic) bond motifs is 3. The highest BCUT2D eigenvalue weighted by atomic mass is 35.5. The number of benzene rings is 1. The number of nitrogens with one attached hydrogen (secondary N) is 1. The Morgan fingerprint density at radius 1 is 1.28 bits per heavy atom. The number of amides is 1. The first-order valence-corrected chi connectivity index (χ1v) is 8.80. The topological polar surface area (TPSA) is 81.2 Å². The van der Waals surface area contributed by atoms with Crippen LogP contribution in [0.4, 0.5) is 5.69 Å². The van der Waals surface area contributed by atoms with Crippen LogP contribution in [0, 0.1) is 17.8 Å². The van der Waals surface area contributed by atoms with Gasteiger partial charge in [0.05, 0.1) is 5.92 Å². The molecule has 2 aliphatic rings. The number of nitrogens with zero attached hydrogens (tertiary/aromatic N) is 1. The van der Waals surface area contributed by atoms with E-state index in [-0.39, 0.29) is 35.7 Å². The SMILES string of the molecule is CC(C)(C)c1nc2cc(NC(=O)C3C4CCC(C4)C3N)ccc2o1.Cl. The quantitative estimate of drug-likeness (QED) is 0.848. The summed E-state index contributed by atoms with van der Waals surface area (Å²) in [6.45, 7) is 6.20. The number of anilines is 1. The van der Waals surface area contributed by atoms with E-state index in [4.69, 9.17) is 10.2 Å². The highest BCUT2D eigenvalue weighted by Crippen LogP contribution is 2.48. The number of aromatic nitrogens is 1. The Morgan fingerprint density at radius 2 is 2.00 bits per heavy atom. The molecule has 0 spiro atoms. The van der Waals surface area contributed by atoms with E-state index in [1.807, 2.05) is 18.2 Å². The molecule has 1 amide bonds. The average molecular weight is 364 g/mol. The molecule has 0 aliphatic heterocycles. The number of oxazole rings is 1. The minimum absolute atomic E-state index is 0. The van der Waals surface area contributed by atoms with E-state index in [9.17, 15) is 4.79 Å². The van der Waals surface area contributed by atoms with E-state index in [2.05, 4.69) is 31.1 Å². The number of nitrogens with two attached hydrogens (primary N) is 1. The minimum atomic E-state index is -0.141. The molecule has 6 heteroatoms. The molecule has 2 aromatic rings. The molecule has 2 fully saturated rings. The van der Waals surface area contributed by atoms with Crippen molar-refractivity contribution in [2.45, 2.75) is 51.5 Å². The highest BCUT2D eigenvalue weighted by Gasteiger charge is 2.49. The first-order chi connectivity index (χ1) is 11.3. The summed E-state index contributed by atoms with van der Waals surface area (Å²) in [7, 11) is 0. The van der Waals surface area contributed by atoms with Gasteiger partial charge in [0.15, 0.2) is 5.58 Å². The zero-order valence-electron chi connectivity index (χ0n) is 14.9. The van der Waals surface area contributed by atoms with Gasteiger partial charge in [-0.15, -0.1) is 12.4 Å². The van der Waals surface area contributed by atoms with E-state index < -0.39 is 0 Å². The van der Waals surface area contributed by atoms with Gasteiger partial charge in [-0.2, -0.15) is 0 Å². The summed E-state index contributed by atoms with van der Waals surface area (Å²) in [6, 6.07) is 5.63. The van der Waals surface area contributed by atoms with Crippen molar-refractivity contribution in [2.24, 2.45) is 23.5 Å². The third-order valence-corrected chi connectivity index (χ3v) is 5.58. The Labute approximate surface area is 154 Å². The van der Waals surface area contributed by atoms with Crippen molar-refractivity contribution in [1.29, 1.82) is 0 Å². The van der Waals surface area contributed by atoms with Gasteiger partial charge in [0, 0.05) is 17.1 Å². The van der Waals surface area contributed by atoms with E-state index in [1.54, 1.807) is 0 Å². The predicted octanol–water partition coefficient (Wildman–Crippen LogP) is 3.86. The summed E-state index contributed by atoms with van der Waals surface area (Å²) >= 11 is 0. The van der Waals surface area contributed by atoms with Crippen LogP contribution in [-0.2, 0) is 10.2 Å². The van der Waals surface area contributed by atoms with Crippen molar-refractivity contribution in [1.82, 2.24) is 4.98 Å². The molecule has 4 unspecified atom stereocenters. The minimum Gasteiger partial charge on any atom is -0.440 e. The molecule has 1 aromatic heterocycles. The smallest absolute Gasteiger partial charge is 0.229 e. The number of hydrogen-bond donors (Lipinski definition) is 2. The second-order valence-electron chi connectivity index (χ2n) is 8.38. The summed E-state index contributed by atoms with van der Waals surface area (Å²) in [4.78, 5) is 17.2. The number of halogens is 1. The van der Waals surface area contributed by atoms with Gasteiger partial charge in [0.25, 0.3) is 0 Å². The van der Waals surface area contributed by atoms with Gasteiger partial charge in [-0.25, -0.2) is 4.98 Å². The maximum atomic E-state index is 12.7. The van der Waals surface area contributed by atoms with Crippen LogP contribution >= 0.6 is 12.4 Å². The fourth-order valence-corrected chi connectivity index (χ4v) is 4.28. The van der Waals surface area contributed by atoms with Crippen molar-refractivity contribution in [3.63, 3.8) is 0 Å². The van der Waals surface area contributed by atoms with Crippen molar-refractivity contribution in [3.8, 4) is 0 Å². The molecule has 5 nitrogen and oxygen atoms in total. The van der Waals surface area contributed by atoms with Gasteiger partial charge in [0.2, 0.25) is 11.8 Å². The fraction of sp³-hybridized carbons (Fsp3) is 0.579. The Hall–Kier alpha value is -1.59. The molecule has 4 rings (SSSR count). The molecule has 2 saturated carbocycles. The Balaban J connectivity index is 0.00000182. The Bertz CT molecular complexity index is 794. The van der Waals surface area contributed by atoms with E-state index in [0.29, 0.717) is 17.7 Å². The van der Waals surface area contributed by atoms with Crippen LogP contribution in [0.3, 0.4) is 0 Å². The van der Waals surface area contributed by atoms with Crippen molar-refractivity contribution in [3.05, 3.63) is 24.1 Å². The van der Waals surface area contributed by atoms with Crippen molar-refractivity contribution < 1.29 is 9.21 Å². The number of carbonyl (C=O) groups excluding carboxylic acids is 1. The van der Waals surface area contributed by atoms with Crippen LogP contribution in [-0.4, -0.2) is 16.9 Å². The fourth-order valence-electron chi connectivity index (χ4n) is 4.28. The van der Waals surface area contributed by atoms with Crippen molar-refractivity contribution >= 4 is 35.1 Å². The molecule has 0 radical (unpaired) electrons. The van der Waals surface area contributed by atoms with Crippen LogP contribution in [0.15, 0.2) is 22.6 Å². The van der Waals surface area contributed by atoms with Gasteiger partial charge in [-0.05, 0) is 49.3 Å². The van der Waals surface area contributed by atoms with Gasteiger partial charge >= 0.3 is 0 Å². The standard InChI is InChI=1S/C19H25N3O2.ClH/c1-19(2,3)18-22-13-9-12(6-7-14(13)24-18)21-17(23)15-10-4-5-11(8-10)16(15)20;/h6-7,9-11,15-16H,4-5,8,20H2,1-3H3,(H,21,23);1H. The summed E-state index contributed by atoms with van der Waals surface area (Å²) < 4.78 is 5.81. The van der Waals surface area contributed by atoms with Crippen LogP contribution in [0.1, 0.15) is 45.9 Å². The molecule has 3 N–H and O–H groups in total. The van der Waals surface area contributed by atoms with Crippen LogP contribution in [0.25, 0.3) is 11.1 Å². The molecule has 0 saturated heterocycles. The molecule has 136 valence electrons. The largest absolute Gasteiger partial charge is 0.440 e. The zero-order chi connectivity index (χ0) is 17.1. The van der Waals surface area contributed by atoms with Gasteiger partial charge < -0.3 is 15.5 Å². The lowest BCUT2D eigenvalue weighted by Gasteiger charge is -2.26. The average Bonchev–Trinajstić information content (AvgIpc) is 3.18. The molecular formula is C19H26ClN3O2. The lowest BCUT2D eigenvalue weighted by atomic mass is 9.84. The van der Waals surface area contributed by atoms with Gasteiger partial charge in [-0.1, -0.05) is 20.8 Å². The molecule has 1 heterocycles. The normalized spacial score (nSPS) is 28.2. The second-order valence-corrected chi connectivity index (χ2v) is 8.38. The predicted molar refractivity (Wildman–Crippen MR) is 101 cm³/mol. The summed E-state index contributed by atoms with van der Waals surface area (Å²) in [5.41, 5.74) is 8.41. The van der Waals surface area contributed by atoms with Crippen LogP contribution in [0.5, 0.6) is 0 Å². The van der Waals surface area contributed by atoms with E-state index in [1.165, 1.54) is 6.42 Å². The molecule has 4 atom stereocenters. The Morgan fingerprint density at radius 3 is 2.64 bits per heavy atom. The number of rotatable bonds is 2. The maximum Gasteiger partial charge on any atom is 0.229 e. The van der Waals surface area contributed by atoms with Crippen LogP contribution < -0.4 is 11.1 Å². The maximum absolute atomic E-state index is 12.7. The van der Waals surface area contributed by atoms with Gasteiger partial charge in [-0.3, -0.25) is 4.79 Å². The summed E-state index contributed by atoms with van der Waals surface area (Å²) in [6.07, 6.45) is 3.42. The first-order valence-electron chi connectivity index (χ1n) is 8.80. The molecule has 2 aliphatic carbocycles. The summed E-state index contributed by atoms with van der Waals surface area (Å²) in [5.74, 6) is 1.68. The number of hydrogen-bond acceptors (Lipinski definition) is 4. The third-order valence-electron chi connectivity index (χ3n) is 5.58. The molecule has 2 bridgehead atoms. The lowest BCUT2D eigenvalue weighted by molar-refractivity contribution is -0.121. The lowest BCUT2D eigenvalue weighted by Crippen LogP contribution is -2.42. The van der Waals surface area contributed by atoms with Gasteiger partial charge in [0.1, 0.15) is 5.52 Å². The molecular weight excluding hydrogens is 338 g/mol. The Kier molecular flexibility index (Phi) is 4.58. The van der Waals surface area contributed by atoms with Crippen molar-refractivity contribution in [2.75, 3.05) is 5.32 Å². The molecule has 1 aromatic carbocycles. The van der Waals surface area contributed by atoms with E-state index in [0.717, 1.165) is 29.6 Å². The number of carbonyl (C=O) groups is 1.